The van der Waals surface area contributed by atoms with Crippen LogP contribution in [0.15, 0.2) is 66.7 Å². The van der Waals surface area contributed by atoms with E-state index in [9.17, 15) is 4.79 Å². The van der Waals surface area contributed by atoms with Gasteiger partial charge in [0.1, 0.15) is 18.1 Å². The van der Waals surface area contributed by atoms with Crippen LogP contribution < -0.4 is 14.8 Å². The normalized spacial score (nSPS) is 9.96. The van der Waals surface area contributed by atoms with Crippen molar-refractivity contribution in [2.75, 3.05) is 19.8 Å². The third-order valence-electron chi connectivity index (χ3n) is 4.00. The van der Waals surface area contributed by atoms with Crippen LogP contribution in [0, 0.1) is 18.8 Å². The van der Waals surface area contributed by atoms with Gasteiger partial charge in [0.2, 0.25) is 0 Å². The van der Waals surface area contributed by atoms with Crippen molar-refractivity contribution in [2.24, 2.45) is 0 Å². The first-order valence-electron chi connectivity index (χ1n) is 8.75. The monoisotopic (exact) mass is 359 g/mol. The van der Waals surface area contributed by atoms with E-state index in [2.05, 4.69) is 17.2 Å². The summed E-state index contributed by atoms with van der Waals surface area (Å²) in [6.45, 7) is 2.44. The van der Waals surface area contributed by atoms with Crippen molar-refractivity contribution in [3.63, 3.8) is 0 Å². The Bertz CT molecular complexity index is 980. The number of aryl methyl sites for hydroxylation is 1. The topological polar surface area (TPSA) is 47.6 Å². The molecule has 4 heteroatoms. The Balaban J connectivity index is 1.40. The predicted octanol–water partition coefficient (Wildman–Crippen LogP) is 3.73. The van der Waals surface area contributed by atoms with Crippen molar-refractivity contribution in [3.05, 3.63) is 72.3 Å². The number of ether oxygens (including phenoxy) is 2. The maximum absolute atomic E-state index is 11.8. The van der Waals surface area contributed by atoms with E-state index in [-0.39, 0.29) is 25.7 Å². The van der Waals surface area contributed by atoms with Gasteiger partial charge in [-0.15, -0.1) is 0 Å². The largest absolute Gasteiger partial charge is 0.484 e. The molecule has 0 fully saturated rings. The zero-order valence-corrected chi connectivity index (χ0v) is 15.2. The molecule has 0 aliphatic carbocycles. The van der Waals surface area contributed by atoms with E-state index in [1.54, 1.807) is 0 Å². The number of amides is 1. The minimum absolute atomic E-state index is 0.0287. The lowest BCUT2D eigenvalue weighted by Crippen LogP contribution is -2.29. The van der Waals surface area contributed by atoms with Crippen LogP contribution in [0.3, 0.4) is 0 Å². The second kappa shape index (κ2) is 9.30. The molecule has 1 N–H and O–H groups in total. The molecule has 136 valence electrons. The molecule has 0 spiro atoms. The Morgan fingerprint density at radius 2 is 1.63 bits per heavy atom. The zero-order chi connectivity index (χ0) is 18.9. The Morgan fingerprint density at radius 1 is 0.889 bits per heavy atom. The summed E-state index contributed by atoms with van der Waals surface area (Å²) < 4.78 is 11.2. The molecular weight excluding hydrogens is 338 g/mol. The Labute approximate surface area is 159 Å². The van der Waals surface area contributed by atoms with Crippen LogP contribution in [0.25, 0.3) is 10.8 Å². The summed E-state index contributed by atoms with van der Waals surface area (Å²) in [4.78, 5) is 11.8. The van der Waals surface area contributed by atoms with E-state index in [0.717, 1.165) is 22.1 Å². The summed E-state index contributed by atoms with van der Waals surface area (Å²) in [7, 11) is 0. The van der Waals surface area contributed by atoms with E-state index >= 15 is 0 Å². The Hall–Kier alpha value is -3.45. The Morgan fingerprint density at radius 3 is 2.52 bits per heavy atom. The highest BCUT2D eigenvalue weighted by Crippen LogP contribution is 2.24. The van der Waals surface area contributed by atoms with Gasteiger partial charge in [-0.25, -0.2) is 0 Å². The highest BCUT2D eigenvalue weighted by Gasteiger charge is 2.03. The van der Waals surface area contributed by atoms with Gasteiger partial charge >= 0.3 is 0 Å². The predicted molar refractivity (Wildman–Crippen MR) is 107 cm³/mol. The maximum Gasteiger partial charge on any atom is 0.258 e. The number of carbonyl (C=O) groups excluding carboxylic acids is 1. The van der Waals surface area contributed by atoms with Gasteiger partial charge in [0.25, 0.3) is 5.91 Å². The van der Waals surface area contributed by atoms with Crippen LogP contribution in [-0.4, -0.2) is 25.7 Å². The van der Waals surface area contributed by atoms with Crippen LogP contribution in [0.2, 0.25) is 0 Å². The molecule has 3 rings (SSSR count). The average Bonchev–Trinajstić information content (AvgIpc) is 2.70. The standard InChI is InChI=1S/C23H21NO3/c1-18-9-2-5-13-21(18)27-17-23(25)24-15-6-7-16-26-22-14-8-11-19-10-3-4-12-20(19)22/h2-5,8-14H,15-17H2,1H3,(H,24,25). The van der Waals surface area contributed by atoms with Gasteiger partial charge in [-0.2, -0.15) is 0 Å². The summed E-state index contributed by atoms with van der Waals surface area (Å²) in [6, 6.07) is 21.6. The number of carbonyl (C=O) groups is 1. The highest BCUT2D eigenvalue weighted by atomic mass is 16.5. The van der Waals surface area contributed by atoms with Gasteiger partial charge in [0.15, 0.2) is 6.61 Å². The van der Waals surface area contributed by atoms with Crippen molar-refractivity contribution in [1.82, 2.24) is 5.32 Å². The first-order chi connectivity index (χ1) is 13.2. The number of nitrogens with one attached hydrogen (secondary N) is 1. The summed E-state index contributed by atoms with van der Waals surface area (Å²) in [5.41, 5.74) is 0.996. The van der Waals surface area contributed by atoms with Crippen molar-refractivity contribution < 1.29 is 14.3 Å². The van der Waals surface area contributed by atoms with Crippen LogP contribution in [0.1, 0.15) is 5.56 Å². The van der Waals surface area contributed by atoms with E-state index in [4.69, 9.17) is 9.47 Å². The molecule has 1 amide bonds. The van der Waals surface area contributed by atoms with Gasteiger partial charge in [0, 0.05) is 5.39 Å². The first-order valence-corrected chi connectivity index (χ1v) is 8.75. The lowest BCUT2D eigenvalue weighted by Gasteiger charge is -2.08. The summed E-state index contributed by atoms with van der Waals surface area (Å²) >= 11 is 0. The van der Waals surface area contributed by atoms with Crippen LogP contribution in [0.4, 0.5) is 0 Å². The van der Waals surface area contributed by atoms with Crippen LogP contribution in [-0.2, 0) is 4.79 Å². The van der Waals surface area contributed by atoms with Crippen LogP contribution in [0.5, 0.6) is 11.5 Å². The lowest BCUT2D eigenvalue weighted by molar-refractivity contribution is -0.122. The average molecular weight is 359 g/mol. The van der Waals surface area contributed by atoms with E-state index < -0.39 is 0 Å². The van der Waals surface area contributed by atoms with Gasteiger partial charge in [-0.3, -0.25) is 4.79 Å². The summed E-state index contributed by atoms with van der Waals surface area (Å²) in [5.74, 6) is 7.10. The van der Waals surface area contributed by atoms with Crippen molar-refractivity contribution in [3.8, 4) is 23.3 Å². The number of hydrogen-bond acceptors (Lipinski definition) is 3. The molecule has 0 aliphatic heterocycles. The third-order valence-corrected chi connectivity index (χ3v) is 4.00. The smallest absolute Gasteiger partial charge is 0.258 e. The molecule has 3 aromatic rings. The molecule has 27 heavy (non-hydrogen) atoms. The maximum atomic E-state index is 11.8. The number of benzene rings is 3. The Kier molecular flexibility index (Phi) is 6.32. The van der Waals surface area contributed by atoms with E-state index in [0.29, 0.717) is 5.75 Å². The molecule has 0 saturated heterocycles. The molecule has 0 aromatic heterocycles. The number of para-hydroxylation sites is 1. The van der Waals surface area contributed by atoms with Gasteiger partial charge in [0.05, 0.1) is 6.54 Å². The summed E-state index contributed by atoms with van der Waals surface area (Å²) in [5, 5.41) is 4.89. The first kappa shape index (κ1) is 18.3. The molecule has 0 bridgehead atoms. The van der Waals surface area contributed by atoms with Crippen molar-refractivity contribution in [2.45, 2.75) is 6.92 Å². The lowest BCUT2D eigenvalue weighted by atomic mass is 10.1. The van der Waals surface area contributed by atoms with Gasteiger partial charge < -0.3 is 14.8 Å². The molecule has 4 nitrogen and oxygen atoms in total. The van der Waals surface area contributed by atoms with Gasteiger partial charge in [-0.05, 0) is 30.0 Å². The fourth-order valence-corrected chi connectivity index (χ4v) is 2.60. The minimum atomic E-state index is -0.206. The number of rotatable bonds is 6. The van der Waals surface area contributed by atoms with Crippen LogP contribution >= 0.6 is 0 Å². The minimum Gasteiger partial charge on any atom is -0.484 e. The highest BCUT2D eigenvalue weighted by molar-refractivity contribution is 5.88. The second-order valence-electron chi connectivity index (χ2n) is 5.95. The van der Waals surface area contributed by atoms with Crippen molar-refractivity contribution in [1.29, 1.82) is 0 Å². The molecule has 0 unspecified atom stereocenters. The zero-order valence-electron chi connectivity index (χ0n) is 15.2. The molecular formula is C23H21NO3. The SMILES string of the molecule is Cc1ccccc1OCC(=O)NCC#CCOc1cccc2ccccc12. The third kappa shape index (κ3) is 5.26. The van der Waals surface area contributed by atoms with Gasteiger partial charge in [-0.1, -0.05) is 66.4 Å². The quantitative estimate of drug-likeness (QED) is 0.682. The molecule has 0 saturated carbocycles. The number of hydrogen-bond donors (Lipinski definition) is 1. The molecule has 0 heterocycles. The van der Waals surface area contributed by atoms with Crippen molar-refractivity contribution >= 4 is 16.7 Å². The molecule has 0 atom stereocenters. The molecule has 3 aromatic carbocycles. The fourth-order valence-electron chi connectivity index (χ4n) is 2.60. The fraction of sp³-hybridized carbons (Fsp3) is 0.174. The number of fused-ring (bicyclic) bond motifs is 1. The van der Waals surface area contributed by atoms with E-state index in [1.165, 1.54) is 0 Å². The second-order valence-corrected chi connectivity index (χ2v) is 5.95. The molecule has 0 radical (unpaired) electrons. The summed E-state index contributed by atoms with van der Waals surface area (Å²) in [6.07, 6.45) is 0. The van der Waals surface area contributed by atoms with E-state index in [1.807, 2.05) is 73.7 Å². The molecule has 0 aliphatic rings.